The average Bonchev–Trinajstić information content (AvgIpc) is 3.06. The molecule has 0 radical (unpaired) electrons. The first-order valence-corrected chi connectivity index (χ1v) is 7.40. The van der Waals surface area contributed by atoms with Crippen LogP contribution in [0.3, 0.4) is 0 Å². The second-order valence-electron chi connectivity index (χ2n) is 5.38. The lowest BCUT2D eigenvalue weighted by Crippen LogP contribution is -2.03. The van der Waals surface area contributed by atoms with Crippen molar-refractivity contribution < 1.29 is 9.90 Å². The fourth-order valence-electron chi connectivity index (χ4n) is 2.62. The van der Waals surface area contributed by atoms with Crippen molar-refractivity contribution in [2.75, 3.05) is 5.73 Å². The van der Waals surface area contributed by atoms with Crippen LogP contribution in [0.25, 0.3) is 22.4 Å². The smallest absolute Gasteiger partial charge is 0.195 e. The lowest BCUT2D eigenvalue weighted by molar-refractivity contribution is 0.104. The lowest BCUT2D eigenvalue weighted by Gasteiger charge is -2.05. The van der Waals surface area contributed by atoms with Crippen LogP contribution in [0.5, 0.6) is 5.75 Å². The highest BCUT2D eigenvalue weighted by molar-refractivity contribution is 6.18. The molecule has 0 bridgehead atoms. The zero-order chi connectivity index (χ0) is 17.4. The maximum atomic E-state index is 12.9. The Labute approximate surface area is 141 Å². The molecule has 0 atom stereocenters. The van der Waals surface area contributed by atoms with Crippen LogP contribution in [0.15, 0.2) is 48.8 Å². The van der Waals surface area contributed by atoms with Gasteiger partial charge < -0.3 is 15.8 Å². The summed E-state index contributed by atoms with van der Waals surface area (Å²) in [6.07, 6.45) is 3.15. The second-order valence-corrected chi connectivity index (χ2v) is 5.38. The molecule has 122 valence electrons. The molecular formula is C17H12N6O2. The van der Waals surface area contributed by atoms with Crippen LogP contribution in [-0.4, -0.2) is 36.3 Å². The zero-order valence-corrected chi connectivity index (χ0v) is 12.8. The monoisotopic (exact) mass is 332 g/mol. The number of phenolic OH excluding ortho intramolecular Hbond substituents is 1. The minimum absolute atomic E-state index is 0.0879. The van der Waals surface area contributed by atoms with Crippen molar-refractivity contribution in [2.24, 2.45) is 0 Å². The third-order valence-electron chi connectivity index (χ3n) is 3.82. The molecule has 25 heavy (non-hydrogen) atoms. The number of hydrogen-bond donors (Lipinski definition) is 3. The van der Waals surface area contributed by atoms with Crippen molar-refractivity contribution in [1.82, 2.24) is 25.4 Å². The molecule has 4 rings (SSSR count). The van der Waals surface area contributed by atoms with Crippen molar-refractivity contribution in [3.63, 3.8) is 0 Å². The highest BCUT2D eigenvalue weighted by Crippen LogP contribution is 2.30. The van der Waals surface area contributed by atoms with Crippen molar-refractivity contribution in [2.45, 2.75) is 0 Å². The molecule has 0 fully saturated rings. The molecule has 4 N–H and O–H groups in total. The van der Waals surface area contributed by atoms with Crippen LogP contribution >= 0.6 is 0 Å². The zero-order valence-electron chi connectivity index (χ0n) is 12.8. The summed E-state index contributed by atoms with van der Waals surface area (Å²) in [4.78, 5) is 20.0. The van der Waals surface area contributed by atoms with Crippen LogP contribution in [0, 0.1) is 0 Å². The Hall–Kier alpha value is -3.81. The highest BCUT2D eigenvalue weighted by Gasteiger charge is 2.21. The van der Waals surface area contributed by atoms with E-state index in [2.05, 4.69) is 25.4 Å². The molecule has 0 saturated heterocycles. The summed E-state index contributed by atoms with van der Waals surface area (Å²) < 4.78 is 0. The maximum absolute atomic E-state index is 12.9. The minimum atomic E-state index is -0.239. The van der Waals surface area contributed by atoms with E-state index in [4.69, 9.17) is 5.73 Å². The highest BCUT2D eigenvalue weighted by atomic mass is 16.3. The van der Waals surface area contributed by atoms with E-state index in [0.717, 1.165) is 0 Å². The largest absolute Gasteiger partial charge is 0.508 e. The van der Waals surface area contributed by atoms with Gasteiger partial charge in [0.1, 0.15) is 17.1 Å². The Morgan fingerprint density at radius 3 is 2.64 bits per heavy atom. The number of nitrogens with one attached hydrogen (secondary N) is 1. The Morgan fingerprint density at radius 1 is 1.08 bits per heavy atom. The van der Waals surface area contributed by atoms with Gasteiger partial charge in [0.05, 0.1) is 16.6 Å². The predicted molar refractivity (Wildman–Crippen MR) is 90.9 cm³/mol. The molecule has 1 aromatic carbocycles. The molecule has 0 aliphatic heterocycles. The molecular weight excluding hydrogens is 320 g/mol. The van der Waals surface area contributed by atoms with Gasteiger partial charge in [-0.15, -0.1) is 10.2 Å². The van der Waals surface area contributed by atoms with Crippen LogP contribution in [0.2, 0.25) is 0 Å². The van der Waals surface area contributed by atoms with Crippen molar-refractivity contribution >= 4 is 22.5 Å². The SMILES string of the molecule is Nc1cccnc1-c1nnnc2[nH]cc(C(=O)c3ccc(O)cc3)c12. The van der Waals surface area contributed by atoms with Gasteiger partial charge in [-0.1, -0.05) is 0 Å². The topological polar surface area (TPSA) is 131 Å². The molecule has 8 heteroatoms. The van der Waals surface area contributed by atoms with E-state index < -0.39 is 0 Å². The number of nitrogens with zero attached hydrogens (tertiary/aromatic N) is 4. The van der Waals surface area contributed by atoms with Gasteiger partial charge in [-0.25, -0.2) is 0 Å². The van der Waals surface area contributed by atoms with Crippen LogP contribution in [-0.2, 0) is 0 Å². The number of hydrogen-bond acceptors (Lipinski definition) is 7. The van der Waals surface area contributed by atoms with Gasteiger partial charge in [0.2, 0.25) is 0 Å². The number of carbonyl (C=O) groups excluding carboxylic acids is 1. The summed E-state index contributed by atoms with van der Waals surface area (Å²) in [6, 6.07) is 9.42. The number of anilines is 1. The van der Waals surface area contributed by atoms with E-state index in [-0.39, 0.29) is 11.5 Å². The summed E-state index contributed by atoms with van der Waals surface area (Å²) in [5, 5.41) is 21.6. The molecule has 0 amide bonds. The number of rotatable bonds is 3. The summed E-state index contributed by atoms with van der Waals surface area (Å²) >= 11 is 0. The Balaban J connectivity index is 1.93. The van der Waals surface area contributed by atoms with Gasteiger partial charge in [0, 0.05) is 18.0 Å². The molecule has 3 aromatic heterocycles. The van der Waals surface area contributed by atoms with E-state index in [0.29, 0.717) is 39.2 Å². The number of pyridine rings is 1. The van der Waals surface area contributed by atoms with Gasteiger partial charge in [-0.05, 0) is 41.6 Å². The Morgan fingerprint density at radius 2 is 1.88 bits per heavy atom. The number of phenols is 1. The average molecular weight is 332 g/mol. The molecule has 8 nitrogen and oxygen atoms in total. The first kappa shape index (κ1) is 14.8. The van der Waals surface area contributed by atoms with E-state index in [9.17, 15) is 9.90 Å². The third kappa shape index (κ3) is 2.45. The van der Waals surface area contributed by atoms with Crippen molar-refractivity contribution in [3.8, 4) is 17.1 Å². The van der Waals surface area contributed by atoms with Crippen molar-refractivity contribution in [1.29, 1.82) is 0 Å². The summed E-state index contributed by atoms with van der Waals surface area (Å²) in [7, 11) is 0. The van der Waals surface area contributed by atoms with Gasteiger partial charge in [-0.3, -0.25) is 9.78 Å². The number of fused-ring (bicyclic) bond motifs is 1. The number of aromatic hydroxyl groups is 1. The number of nitrogens with two attached hydrogens (primary N) is 1. The van der Waals surface area contributed by atoms with Crippen molar-refractivity contribution in [3.05, 3.63) is 59.9 Å². The van der Waals surface area contributed by atoms with Gasteiger partial charge in [-0.2, -0.15) is 0 Å². The van der Waals surface area contributed by atoms with Crippen LogP contribution in [0.1, 0.15) is 15.9 Å². The standard InChI is InChI=1S/C17H12N6O2/c18-12-2-1-7-19-14(12)15-13-11(8-20-17(13)22-23-21-15)16(25)9-3-5-10(24)6-4-9/h1-8,24H,18H2,(H,20,21,22). The number of aromatic amines is 1. The molecule has 0 aliphatic rings. The summed E-state index contributed by atoms with van der Waals surface area (Å²) in [5.74, 6) is -0.151. The van der Waals surface area contributed by atoms with Gasteiger partial charge in [0.15, 0.2) is 11.4 Å². The van der Waals surface area contributed by atoms with E-state index >= 15 is 0 Å². The first-order valence-electron chi connectivity index (χ1n) is 7.40. The fourth-order valence-corrected chi connectivity index (χ4v) is 2.62. The molecule has 0 spiro atoms. The molecule has 0 saturated carbocycles. The fraction of sp³-hybridized carbons (Fsp3) is 0. The molecule has 0 unspecified atom stereocenters. The first-order chi connectivity index (χ1) is 12.1. The number of carbonyl (C=O) groups is 1. The molecule has 0 aliphatic carbocycles. The van der Waals surface area contributed by atoms with E-state index in [1.165, 1.54) is 12.1 Å². The summed E-state index contributed by atoms with van der Waals surface area (Å²) in [6.45, 7) is 0. The van der Waals surface area contributed by atoms with E-state index in [1.807, 2.05) is 0 Å². The molecule has 4 aromatic rings. The number of aromatic nitrogens is 5. The number of H-pyrrole nitrogens is 1. The van der Waals surface area contributed by atoms with Crippen LogP contribution in [0.4, 0.5) is 5.69 Å². The van der Waals surface area contributed by atoms with Crippen LogP contribution < -0.4 is 5.73 Å². The lowest BCUT2D eigenvalue weighted by atomic mass is 10.0. The Kier molecular flexibility index (Phi) is 3.35. The predicted octanol–water partition coefficient (Wildman–Crippen LogP) is 1.93. The maximum Gasteiger partial charge on any atom is 0.195 e. The number of nitrogen functional groups attached to an aromatic ring is 1. The third-order valence-corrected chi connectivity index (χ3v) is 3.82. The number of ketones is 1. The second kappa shape index (κ2) is 5.68. The minimum Gasteiger partial charge on any atom is -0.508 e. The van der Waals surface area contributed by atoms with Gasteiger partial charge in [0.25, 0.3) is 0 Å². The normalized spacial score (nSPS) is 10.9. The van der Waals surface area contributed by atoms with E-state index in [1.54, 1.807) is 36.7 Å². The Bertz CT molecular complexity index is 1090. The summed E-state index contributed by atoms with van der Waals surface area (Å²) in [5.41, 5.74) is 8.45. The van der Waals surface area contributed by atoms with Gasteiger partial charge >= 0.3 is 0 Å². The molecule has 3 heterocycles. The number of benzene rings is 1. The quantitative estimate of drug-likeness (QED) is 0.488.